The minimum Gasteiger partial charge on any atom is -0.508 e. The van der Waals surface area contributed by atoms with Crippen molar-refractivity contribution in [2.24, 2.45) is 0 Å². The van der Waals surface area contributed by atoms with Crippen molar-refractivity contribution in [2.75, 3.05) is 5.32 Å². The predicted octanol–water partition coefficient (Wildman–Crippen LogP) is 0.876. The number of fused-ring (bicyclic) bond motifs is 1. The molecule has 104 valence electrons. The Morgan fingerprint density at radius 1 is 1.45 bits per heavy atom. The maximum absolute atomic E-state index is 12.1. The zero-order chi connectivity index (χ0) is 14.1. The normalized spacial score (nSPS) is 18.8. The molecule has 1 unspecified atom stereocenters. The lowest BCUT2D eigenvalue weighted by Crippen LogP contribution is -2.46. The van der Waals surface area contributed by atoms with Gasteiger partial charge in [0.25, 0.3) is 0 Å². The fourth-order valence-electron chi connectivity index (χ4n) is 2.31. The Kier molecular flexibility index (Phi) is 3.02. The van der Waals surface area contributed by atoms with E-state index in [4.69, 9.17) is 0 Å². The van der Waals surface area contributed by atoms with E-state index in [-0.39, 0.29) is 17.6 Å². The molecular weight excluding hydrogens is 260 g/mol. The number of nitrogens with zero attached hydrogens (tertiary/aromatic N) is 1. The smallest absolute Gasteiger partial charge is 0.248 e. The monoisotopic (exact) mass is 274 g/mol. The van der Waals surface area contributed by atoms with Crippen LogP contribution in [0.25, 0.3) is 10.9 Å². The zero-order valence-corrected chi connectivity index (χ0v) is 10.6. The van der Waals surface area contributed by atoms with Crippen molar-refractivity contribution in [3.05, 3.63) is 18.2 Å². The molecule has 3 rings (SSSR count). The van der Waals surface area contributed by atoms with Crippen molar-refractivity contribution in [2.45, 2.75) is 25.3 Å². The molecule has 1 aliphatic heterocycles. The molecule has 7 heteroatoms. The van der Waals surface area contributed by atoms with Crippen molar-refractivity contribution in [3.63, 3.8) is 0 Å². The summed E-state index contributed by atoms with van der Waals surface area (Å²) in [7, 11) is 0. The Labute approximate surface area is 114 Å². The average Bonchev–Trinajstić information content (AvgIpc) is 2.81. The Morgan fingerprint density at radius 2 is 2.30 bits per heavy atom. The van der Waals surface area contributed by atoms with Gasteiger partial charge < -0.3 is 15.7 Å². The van der Waals surface area contributed by atoms with E-state index in [1.165, 1.54) is 12.1 Å². The lowest BCUT2D eigenvalue weighted by molar-refractivity contribution is -0.128. The van der Waals surface area contributed by atoms with E-state index >= 15 is 0 Å². The number of nitrogens with one attached hydrogen (secondary N) is 3. The largest absolute Gasteiger partial charge is 0.508 e. The number of rotatable bonds is 2. The Morgan fingerprint density at radius 3 is 3.10 bits per heavy atom. The van der Waals surface area contributed by atoms with Gasteiger partial charge in [0.2, 0.25) is 11.8 Å². The molecule has 2 amide bonds. The molecule has 1 aromatic heterocycles. The average molecular weight is 274 g/mol. The minimum absolute atomic E-state index is 0.104. The molecule has 0 radical (unpaired) electrons. The van der Waals surface area contributed by atoms with Crippen LogP contribution in [0.15, 0.2) is 18.2 Å². The molecule has 0 saturated carbocycles. The van der Waals surface area contributed by atoms with Gasteiger partial charge in [-0.15, -0.1) is 0 Å². The number of H-pyrrole nitrogens is 1. The molecule has 1 aliphatic rings. The Bertz CT molecular complexity index is 679. The van der Waals surface area contributed by atoms with Gasteiger partial charge in [-0.1, -0.05) is 0 Å². The SMILES string of the molecule is O=C1CCCC(C(=O)Nc2n[nH]c3cc(O)ccc23)N1. The third kappa shape index (κ3) is 2.29. The van der Waals surface area contributed by atoms with Crippen LogP contribution in [0.2, 0.25) is 0 Å². The van der Waals surface area contributed by atoms with E-state index in [1.54, 1.807) is 6.07 Å². The summed E-state index contributed by atoms with van der Waals surface area (Å²) in [5.74, 6) is 0.135. The third-order valence-electron chi connectivity index (χ3n) is 3.34. The summed E-state index contributed by atoms with van der Waals surface area (Å²) in [6, 6.07) is 4.21. The van der Waals surface area contributed by atoms with Crippen LogP contribution in [0, 0.1) is 0 Å². The van der Waals surface area contributed by atoms with Crippen LogP contribution in [-0.4, -0.2) is 33.2 Å². The first-order valence-corrected chi connectivity index (χ1v) is 6.41. The second kappa shape index (κ2) is 4.84. The van der Waals surface area contributed by atoms with Gasteiger partial charge in [0.1, 0.15) is 11.8 Å². The summed E-state index contributed by atoms with van der Waals surface area (Å²) in [5.41, 5.74) is 0.632. The van der Waals surface area contributed by atoms with E-state index < -0.39 is 6.04 Å². The van der Waals surface area contributed by atoms with Crippen LogP contribution in [0.1, 0.15) is 19.3 Å². The highest BCUT2D eigenvalue weighted by Crippen LogP contribution is 2.24. The molecule has 2 aromatic rings. The van der Waals surface area contributed by atoms with E-state index in [2.05, 4.69) is 20.8 Å². The number of piperidine rings is 1. The highest BCUT2D eigenvalue weighted by atomic mass is 16.3. The highest BCUT2D eigenvalue weighted by Gasteiger charge is 2.25. The van der Waals surface area contributed by atoms with Gasteiger partial charge in [0.15, 0.2) is 5.82 Å². The van der Waals surface area contributed by atoms with Gasteiger partial charge in [-0.3, -0.25) is 14.7 Å². The van der Waals surface area contributed by atoms with Crippen molar-refractivity contribution >= 4 is 28.5 Å². The second-order valence-electron chi connectivity index (χ2n) is 4.80. The number of benzene rings is 1. The van der Waals surface area contributed by atoms with Crippen molar-refractivity contribution in [1.82, 2.24) is 15.5 Å². The minimum atomic E-state index is -0.514. The van der Waals surface area contributed by atoms with Crippen LogP contribution >= 0.6 is 0 Å². The number of hydrogen-bond donors (Lipinski definition) is 4. The number of amides is 2. The predicted molar refractivity (Wildman–Crippen MR) is 72.2 cm³/mol. The van der Waals surface area contributed by atoms with Gasteiger partial charge in [0, 0.05) is 17.9 Å². The number of phenols is 1. The molecule has 7 nitrogen and oxygen atoms in total. The number of carbonyl (C=O) groups is 2. The Hall–Kier alpha value is -2.57. The molecule has 2 heterocycles. The maximum atomic E-state index is 12.1. The lowest BCUT2D eigenvalue weighted by atomic mass is 10.0. The van der Waals surface area contributed by atoms with Crippen LogP contribution in [0.5, 0.6) is 5.75 Å². The van der Waals surface area contributed by atoms with Crippen molar-refractivity contribution in [1.29, 1.82) is 0 Å². The third-order valence-corrected chi connectivity index (χ3v) is 3.34. The van der Waals surface area contributed by atoms with Crippen LogP contribution in [0.3, 0.4) is 0 Å². The molecule has 4 N–H and O–H groups in total. The van der Waals surface area contributed by atoms with Gasteiger partial charge in [0.05, 0.1) is 5.52 Å². The molecular formula is C13H14N4O3. The van der Waals surface area contributed by atoms with Gasteiger partial charge in [-0.2, -0.15) is 5.10 Å². The highest BCUT2D eigenvalue weighted by molar-refractivity contribution is 6.03. The number of aromatic nitrogens is 2. The zero-order valence-electron chi connectivity index (χ0n) is 10.6. The molecule has 0 spiro atoms. The van der Waals surface area contributed by atoms with E-state index in [9.17, 15) is 14.7 Å². The summed E-state index contributed by atoms with van der Waals surface area (Å²) in [6.07, 6.45) is 1.80. The number of carbonyl (C=O) groups excluding carboxylic acids is 2. The van der Waals surface area contributed by atoms with E-state index in [1.807, 2.05) is 0 Å². The molecule has 0 bridgehead atoms. The summed E-state index contributed by atoms with van der Waals surface area (Å²) >= 11 is 0. The van der Waals surface area contributed by atoms with Crippen LogP contribution in [-0.2, 0) is 9.59 Å². The van der Waals surface area contributed by atoms with Gasteiger partial charge >= 0.3 is 0 Å². The maximum Gasteiger partial charge on any atom is 0.248 e. The summed E-state index contributed by atoms with van der Waals surface area (Å²) < 4.78 is 0. The molecule has 1 atom stereocenters. The first-order valence-electron chi connectivity index (χ1n) is 6.41. The first-order chi connectivity index (χ1) is 9.63. The fourth-order valence-corrected chi connectivity index (χ4v) is 2.31. The first kappa shape index (κ1) is 12.5. The van der Waals surface area contributed by atoms with Crippen LogP contribution < -0.4 is 10.6 Å². The van der Waals surface area contributed by atoms with E-state index in [0.29, 0.717) is 36.0 Å². The van der Waals surface area contributed by atoms with Gasteiger partial charge in [-0.05, 0) is 25.0 Å². The summed E-state index contributed by atoms with van der Waals surface area (Å²) in [5, 5.41) is 22.2. The molecule has 1 saturated heterocycles. The fraction of sp³-hybridized carbons (Fsp3) is 0.308. The summed E-state index contributed by atoms with van der Waals surface area (Å²) in [6.45, 7) is 0. The Balaban J connectivity index is 1.79. The number of phenolic OH excluding ortho intramolecular Hbond substituents is 1. The molecule has 0 aliphatic carbocycles. The van der Waals surface area contributed by atoms with E-state index in [0.717, 1.165) is 0 Å². The molecule has 1 aromatic carbocycles. The quantitative estimate of drug-likeness (QED) is 0.652. The summed E-state index contributed by atoms with van der Waals surface area (Å²) in [4.78, 5) is 23.4. The molecule has 20 heavy (non-hydrogen) atoms. The van der Waals surface area contributed by atoms with Crippen molar-refractivity contribution in [3.8, 4) is 5.75 Å². The second-order valence-corrected chi connectivity index (χ2v) is 4.80. The number of anilines is 1. The van der Waals surface area contributed by atoms with Crippen molar-refractivity contribution < 1.29 is 14.7 Å². The van der Waals surface area contributed by atoms with Crippen LogP contribution in [0.4, 0.5) is 5.82 Å². The number of aromatic hydroxyl groups is 1. The lowest BCUT2D eigenvalue weighted by Gasteiger charge is -2.21. The standard InChI is InChI=1S/C13H14N4O3/c18-7-4-5-8-10(6-7)16-17-12(8)15-13(20)9-2-1-3-11(19)14-9/h4-6,9,18H,1-3H2,(H,14,19)(H2,15,16,17,20). The number of aromatic amines is 1. The van der Waals surface area contributed by atoms with Gasteiger partial charge in [-0.25, -0.2) is 0 Å². The molecule has 1 fully saturated rings. The topological polar surface area (TPSA) is 107 Å². The number of hydrogen-bond acceptors (Lipinski definition) is 4.